The van der Waals surface area contributed by atoms with Gasteiger partial charge in [0, 0.05) is 24.5 Å². The molecule has 39 heavy (non-hydrogen) atoms. The zero-order valence-electron chi connectivity index (χ0n) is 22.1. The molecule has 0 spiro atoms. The van der Waals surface area contributed by atoms with E-state index < -0.39 is 5.91 Å². The summed E-state index contributed by atoms with van der Waals surface area (Å²) in [5.41, 5.74) is 5.91. The van der Waals surface area contributed by atoms with Crippen LogP contribution in [-0.4, -0.2) is 53.7 Å². The number of fused-ring (bicyclic) bond motifs is 1. The lowest BCUT2D eigenvalue weighted by molar-refractivity contribution is 0.0947. The minimum Gasteiger partial charge on any atom is -0.322 e. The van der Waals surface area contributed by atoms with Gasteiger partial charge in [-0.3, -0.25) is 14.3 Å². The van der Waals surface area contributed by atoms with Crippen molar-refractivity contribution >= 4 is 23.2 Å². The van der Waals surface area contributed by atoms with Crippen molar-refractivity contribution in [1.29, 1.82) is 5.26 Å². The van der Waals surface area contributed by atoms with Crippen LogP contribution in [0.3, 0.4) is 0 Å². The fourth-order valence-corrected chi connectivity index (χ4v) is 4.76. The molecule has 2 amide bonds. The first-order chi connectivity index (χ1) is 18.9. The molecule has 0 unspecified atom stereocenters. The highest BCUT2D eigenvalue weighted by atomic mass is 16.2. The molecular formula is C31H30N6O2. The predicted octanol–water partition coefficient (Wildman–Crippen LogP) is 4.36. The summed E-state index contributed by atoms with van der Waals surface area (Å²) in [5.74, 6) is -0.708. The van der Waals surface area contributed by atoms with Crippen LogP contribution in [0.5, 0.6) is 0 Å². The van der Waals surface area contributed by atoms with Gasteiger partial charge in [-0.1, -0.05) is 42.5 Å². The van der Waals surface area contributed by atoms with Crippen LogP contribution in [0.1, 0.15) is 43.1 Å². The standard InChI is InChI=1S/C31H30N6O2/c1-35(2)14-13-22-5-3-6-24(17-22)18-23-9-11-27(12-10-23)36-15-16-37-29(31(36)39)28(21-33-37)30(38)34-26-8-4-7-25(19-26)20-32/h3-12,17,19,21H,13-16,18H2,1-2H3,(H,34,38). The van der Waals surface area contributed by atoms with E-state index in [9.17, 15) is 9.59 Å². The number of hydrogen-bond acceptors (Lipinski definition) is 5. The predicted molar refractivity (Wildman–Crippen MR) is 151 cm³/mol. The Balaban J connectivity index is 1.29. The van der Waals surface area contributed by atoms with Gasteiger partial charge < -0.3 is 15.1 Å². The molecule has 1 N–H and O–H groups in total. The highest BCUT2D eigenvalue weighted by Crippen LogP contribution is 2.25. The van der Waals surface area contributed by atoms with E-state index in [-0.39, 0.29) is 17.2 Å². The second-order valence-corrected chi connectivity index (χ2v) is 9.95. The quantitative estimate of drug-likeness (QED) is 0.374. The number of anilines is 2. The molecule has 196 valence electrons. The summed E-state index contributed by atoms with van der Waals surface area (Å²) in [6.45, 7) is 1.96. The van der Waals surface area contributed by atoms with Crippen molar-refractivity contribution in [3.8, 4) is 6.07 Å². The van der Waals surface area contributed by atoms with Crippen molar-refractivity contribution in [3.05, 3.63) is 113 Å². The van der Waals surface area contributed by atoms with Crippen molar-refractivity contribution < 1.29 is 9.59 Å². The lowest BCUT2D eigenvalue weighted by Gasteiger charge is -2.28. The molecule has 0 bridgehead atoms. The first-order valence-electron chi connectivity index (χ1n) is 12.9. The van der Waals surface area contributed by atoms with Crippen molar-refractivity contribution in [1.82, 2.24) is 14.7 Å². The van der Waals surface area contributed by atoms with E-state index in [0.29, 0.717) is 24.3 Å². The van der Waals surface area contributed by atoms with E-state index in [0.717, 1.165) is 30.6 Å². The van der Waals surface area contributed by atoms with Crippen LogP contribution in [0.15, 0.2) is 79.0 Å². The number of nitrogens with one attached hydrogen (secondary N) is 1. The Morgan fingerprint density at radius 3 is 2.54 bits per heavy atom. The topological polar surface area (TPSA) is 94.3 Å². The molecule has 1 aromatic heterocycles. The number of nitriles is 1. The molecule has 2 heterocycles. The smallest absolute Gasteiger partial charge is 0.277 e. The lowest BCUT2D eigenvalue weighted by atomic mass is 10.0. The average Bonchev–Trinajstić information content (AvgIpc) is 3.38. The minimum atomic E-state index is -0.440. The van der Waals surface area contributed by atoms with Gasteiger partial charge in [0.2, 0.25) is 0 Å². The van der Waals surface area contributed by atoms with Gasteiger partial charge in [0.25, 0.3) is 11.8 Å². The molecule has 8 nitrogen and oxygen atoms in total. The molecule has 1 aliphatic rings. The maximum absolute atomic E-state index is 13.5. The maximum atomic E-state index is 13.5. The zero-order chi connectivity index (χ0) is 27.4. The molecule has 8 heteroatoms. The maximum Gasteiger partial charge on any atom is 0.277 e. The fraction of sp³-hybridized carbons (Fsp3) is 0.226. The average molecular weight is 519 g/mol. The molecule has 0 saturated carbocycles. The van der Waals surface area contributed by atoms with Crippen LogP contribution in [0.4, 0.5) is 11.4 Å². The molecule has 4 aromatic rings. The molecule has 3 aromatic carbocycles. The van der Waals surface area contributed by atoms with Gasteiger partial charge in [0.15, 0.2) is 0 Å². The van der Waals surface area contributed by atoms with Crippen LogP contribution in [0.2, 0.25) is 0 Å². The monoisotopic (exact) mass is 518 g/mol. The highest BCUT2D eigenvalue weighted by molar-refractivity contribution is 6.15. The van der Waals surface area contributed by atoms with Gasteiger partial charge in [-0.25, -0.2) is 0 Å². The van der Waals surface area contributed by atoms with Crippen molar-refractivity contribution in [2.75, 3.05) is 37.4 Å². The second-order valence-electron chi connectivity index (χ2n) is 9.95. The SMILES string of the molecule is CN(C)CCc1cccc(Cc2ccc(N3CCn4ncc(C(=O)Nc5cccc(C#N)c5)c4C3=O)cc2)c1. The lowest BCUT2D eigenvalue weighted by Crippen LogP contribution is -2.41. The summed E-state index contributed by atoms with van der Waals surface area (Å²) in [4.78, 5) is 30.4. The molecule has 0 saturated heterocycles. The third kappa shape index (κ3) is 5.89. The van der Waals surface area contributed by atoms with Crippen LogP contribution < -0.4 is 10.2 Å². The van der Waals surface area contributed by atoms with E-state index in [1.165, 1.54) is 17.3 Å². The van der Waals surface area contributed by atoms with Gasteiger partial charge in [-0.2, -0.15) is 10.4 Å². The zero-order valence-corrected chi connectivity index (χ0v) is 22.1. The summed E-state index contributed by atoms with van der Waals surface area (Å²) in [5, 5.41) is 16.2. The number of aromatic nitrogens is 2. The van der Waals surface area contributed by atoms with Crippen LogP contribution in [0.25, 0.3) is 0 Å². The molecule has 0 atom stereocenters. The Bertz CT molecular complexity index is 1550. The third-order valence-corrected chi connectivity index (χ3v) is 6.81. The van der Waals surface area contributed by atoms with E-state index in [2.05, 4.69) is 71.9 Å². The number of hydrogen-bond donors (Lipinski definition) is 1. The summed E-state index contributed by atoms with van der Waals surface area (Å²) in [6.07, 6.45) is 3.25. The van der Waals surface area contributed by atoms with Crippen LogP contribution >= 0.6 is 0 Å². The Labute approximate surface area is 228 Å². The minimum absolute atomic E-state index is 0.206. The number of carbonyl (C=O) groups excluding carboxylic acids is 2. The van der Waals surface area contributed by atoms with Crippen molar-refractivity contribution in [2.45, 2.75) is 19.4 Å². The number of carbonyl (C=O) groups is 2. The Hall–Kier alpha value is -4.74. The Morgan fingerprint density at radius 2 is 1.77 bits per heavy atom. The summed E-state index contributed by atoms with van der Waals surface area (Å²) < 4.78 is 1.58. The largest absolute Gasteiger partial charge is 0.322 e. The molecule has 0 aliphatic carbocycles. The van der Waals surface area contributed by atoms with Crippen LogP contribution in [-0.2, 0) is 19.4 Å². The Kier molecular flexibility index (Phi) is 7.53. The first-order valence-corrected chi connectivity index (χ1v) is 12.9. The molecule has 0 fully saturated rings. The van der Waals surface area contributed by atoms with E-state index in [4.69, 9.17) is 5.26 Å². The van der Waals surface area contributed by atoms with Crippen molar-refractivity contribution in [3.63, 3.8) is 0 Å². The second kappa shape index (κ2) is 11.3. The van der Waals surface area contributed by atoms with Gasteiger partial charge in [0.05, 0.1) is 29.9 Å². The summed E-state index contributed by atoms with van der Waals surface area (Å²) in [7, 11) is 4.16. The third-order valence-electron chi connectivity index (χ3n) is 6.81. The molecule has 1 aliphatic heterocycles. The van der Waals surface area contributed by atoms with Gasteiger partial charge in [0.1, 0.15) is 5.69 Å². The summed E-state index contributed by atoms with van der Waals surface area (Å²) in [6, 6.07) is 25.4. The number of rotatable bonds is 8. The van der Waals surface area contributed by atoms with Crippen molar-refractivity contribution in [2.24, 2.45) is 0 Å². The number of likely N-dealkylation sites (N-methyl/N-ethyl adjacent to an activating group) is 1. The van der Waals surface area contributed by atoms with E-state index >= 15 is 0 Å². The molecule has 5 rings (SSSR count). The number of nitrogens with zero attached hydrogens (tertiary/aromatic N) is 5. The number of benzene rings is 3. The van der Waals surface area contributed by atoms with Gasteiger partial charge >= 0.3 is 0 Å². The normalized spacial score (nSPS) is 12.8. The molecular weight excluding hydrogens is 488 g/mol. The van der Waals surface area contributed by atoms with Gasteiger partial charge in [-0.15, -0.1) is 0 Å². The Morgan fingerprint density at radius 1 is 1.00 bits per heavy atom. The number of amides is 2. The van der Waals surface area contributed by atoms with E-state index in [1.807, 2.05) is 12.1 Å². The van der Waals surface area contributed by atoms with Gasteiger partial charge in [-0.05, 0) is 74.0 Å². The van der Waals surface area contributed by atoms with E-state index in [1.54, 1.807) is 33.8 Å². The first kappa shape index (κ1) is 25.9. The fourth-order valence-electron chi connectivity index (χ4n) is 4.76. The summed E-state index contributed by atoms with van der Waals surface area (Å²) >= 11 is 0. The van der Waals surface area contributed by atoms with Crippen LogP contribution in [0, 0.1) is 11.3 Å². The highest BCUT2D eigenvalue weighted by Gasteiger charge is 2.32. The molecule has 0 radical (unpaired) electrons.